The van der Waals surface area contributed by atoms with Gasteiger partial charge in [-0.25, -0.2) is 4.98 Å². The third kappa shape index (κ3) is 3.85. The van der Waals surface area contributed by atoms with Crippen molar-refractivity contribution in [2.75, 3.05) is 13.1 Å². The minimum absolute atomic E-state index is 0.0109. The minimum Gasteiger partial charge on any atom is -0.478 e. The molecule has 0 aliphatic carbocycles. The lowest BCUT2D eigenvalue weighted by Gasteiger charge is -2.37. The fraction of sp³-hybridized carbons (Fsp3) is 0.364. The number of benzene rings is 2. The van der Waals surface area contributed by atoms with Crippen LogP contribution in [0.3, 0.4) is 0 Å². The van der Waals surface area contributed by atoms with Gasteiger partial charge in [0, 0.05) is 24.0 Å². The Morgan fingerprint density at radius 1 is 1.21 bits per heavy atom. The molecule has 4 rings (SSSR count). The number of piperidine rings is 1. The van der Waals surface area contributed by atoms with Crippen LogP contribution in [-0.4, -0.2) is 39.5 Å². The number of amides is 1. The van der Waals surface area contributed by atoms with Gasteiger partial charge < -0.3 is 14.6 Å². The molecule has 28 heavy (non-hydrogen) atoms. The molecular formula is C22H24ClN3O2. The van der Waals surface area contributed by atoms with Crippen LogP contribution in [0.15, 0.2) is 48.5 Å². The second kappa shape index (κ2) is 7.47. The van der Waals surface area contributed by atoms with Crippen LogP contribution in [-0.2, 0) is 4.79 Å². The molecule has 1 saturated heterocycles. The molecule has 1 fully saturated rings. The predicted octanol–water partition coefficient (Wildman–Crippen LogP) is 4.78. The average molecular weight is 398 g/mol. The second-order valence-electron chi connectivity index (χ2n) is 7.80. The number of ether oxygens (including phenoxy) is 1. The Balaban J connectivity index is 1.48. The lowest BCUT2D eigenvalue weighted by Crippen LogP contribution is -2.51. The summed E-state index contributed by atoms with van der Waals surface area (Å²) in [5, 5.41) is 0.640. The Morgan fingerprint density at radius 2 is 1.96 bits per heavy atom. The summed E-state index contributed by atoms with van der Waals surface area (Å²) in [7, 11) is 0. The number of rotatable bonds is 4. The van der Waals surface area contributed by atoms with Gasteiger partial charge in [0.1, 0.15) is 11.6 Å². The number of nitrogens with one attached hydrogen (secondary N) is 1. The number of imidazole rings is 1. The maximum atomic E-state index is 13.2. The van der Waals surface area contributed by atoms with E-state index in [4.69, 9.17) is 21.3 Å². The number of hydrogen-bond acceptors (Lipinski definition) is 3. The highest BCUT2D eigenvalue weighted by atomic mass is 35.5. The van der Waals surface area contributed by atoms with Crippen LogP contribution in [0.25, 0.3) is 11.0 Å². The quantitative estimate of drug-likeness (QED) is 0.689. The van der Waals surface area contributed by atoms with Crippen LogP contribution in [0, 0.1) is 0 Å². The number of nitrogens with zero attached hydrogens (tertiary/aromatic N) is 2. The molecule has 0 radical (unpaired) electrons. The number of aromatic nitrogens is 2. The SMILES string of the molecule is CC(C)(Oc1ccc(Cl)cc1)C(=O)N1CCC[C@@H](c2nc3ccccc3[nH]2)C1. The van der Waals surface area contributed by atoms with Crippen molar-refractivity contribution >= 4 is 28.5 Å². The van der Waals surface area contributed by atoms with E-state index in [-0.39, 0.29) is 11.8 Å². The molecule has 1 amide bonds. The molecular weight excluding hydrogens is 374 g/mol. The van der Waals surface area contributed by atoms with Crippen LogP contribution < -0.4 is 4.74 Å². The smallest absolute Gasteiger partial charge is 0.266 e. The van der Waals surface area contributed by atoms with Crippen molar-refractivity contribution in [2.45, 2.75) is 38.2 Å². The number of hydrogen-bond donors (Lipinski definition) is 1. The number of H-pyrrole nitrogens is 1. The van der Waals surface area contributed by atoms with Gasteiger partial charge in [0.2, 0.25) is 0 Å². The first kappa shape index (κ1) is 18.8. The van der Waals surface area contributed by atoms with E-state index in [0.29, 0.717) is 17.3 Å². The predicted molar refractivity (Wildman–Crippen MR) is 111 cm³/mol. The first-order valence-corrected chi connectivity index (χ1v) is 9.99. The van der Waals surface area contributed by atoms with E-state index >= 15 is 0 Å². The molecule has 1 aliphatic heterocycles. The summed E-state index contributed by atoms with van der Waals surface area (Å²) in [6.45, 7) is 5.01. The molecule has 6 heteroatoms. The van der Waals surface area contributed by atoms with Gasteiger partial charge in [-0.2, -0.15) is 0 Å². The highest BCUT2D eigenvalue weighted by molar-refractivity contribution is 6.30. The summed E-state index contributed by atoms with van der Waals surface area (Å²) in [5.41, 5.74) is 1.04. The molecule has 146 valence electrons. The molecule has 1 N–H and O–H groups in total. The van der Waals surface area contributed by atoms with Crippen LogP contribution in [0.4, 0.5) is 0 Å². The molecule has 1 atom stereocenters. The minimum atomic E-state index is -0.955. The molecule has 2 heterocycles. The van der Waals surface area contributed by atoms with Gasteiger partial charge in [0.15, 0.2) is 5.60 Å². The molecule has 5 nitrogen and oxygen atoms in total. The van der Waals surface area contributed by atoms with Crippen LogP contribution in [0.1, 0.15) is 38.4 Å². The number of para-hydroxylation sites is 2. The lowest BCUT2D eigenvalue weighted by atomic mass is 9.95. The topological polar surface area (TPSA) is 58.2 Å². The van der Waals surface area contributed by atoms with Gasteiger partial charge in [-0.1, -0.05) is 23.7 Å². The van der Waals surface area contributed by atoms with E-state index in [9.17, 15) is 4.79 Å². The van der Waals surface area contributed by atoms with Crippen molar-refractivity contribution < 1.29 is 9.53 Å². The Morgan fingerprint density at radius 3 is 2.71 bits per heavy atom. The fourth-order valence-corrected chi connectivity index (χ4v) is 3.90. The molecule has 0 saturated carbocycles. The van der Waals surface area contributed by atoms with Gasteiger partial charge in [-0.3, -0.25) is 4.79 Å². The Kier molecular flexibility index (Phi) is 5.02. The summed E-state index contributed by atoms with van der Waals surface area (Å²) in [4.78, 5) is 23.2. The fourth-order valence-electron chi connectivity index (χ4n) is 3.77. The van der Waals surface area contributed by atoms with Gasteiger partial charge in [-0.15, -0.1) is 0 Å². The summed E-state index contributed by atoms with van der Waals surface area (Å²) in [6, 6.07) is 15.1. The summed E-state index contributed by atoms with van der Waals surface area (Å²) in [5.74, 6) is 1.78. The van der Waals surface area contributed by atoms with E-state index in [0.717, 1.165) is 36.2 Å². The number of carbonyl (C=O) groups is 1. The molecule has 1 aromatic heterocycles. The first-order valence-electron chi connectivity index (χ1n) is 9.61. The van der Waals surface area contributed by atoms with Crippen molar-refractivity contribution in [2.24, 2.45) is 0 Å². The zero-order valence-electron chi connectivity index (χ0n) is 16.1. The molecule has 2 aromatic carbocycles. The van der Waals surface area contributed by atoms with Crippen LogP contribution in [0.2, 0.25) is 5.02 Å². The van der Waals surface area contributed by atoms with Crippen molar-refractivity contribution in [3.05, 3.63) is 59.4 Å². The van der Waals surface area contributed by atoms with Crippen molar-refractivity contribution in [1.82, 2.24) is 14.9 Å². The van der Waals surface area contributed by atoms with Crippen LogP contribution >= 0.6 is 11.6 Å². The summed E-state index contributed by atoms with van der Waals surface area (Å²) >= 11 is 5.93. The number of halogens is 1. The maximum Gasteiger partial charge on any atom is 0.266 e. The van der Waals surface area contributed by atoms with E-state index < -0.39 is 5.60 Å². The molecule has 1 aliphatic rings. The zero-order valence-corrected chi connectivity index (χ0v) is 16.9. The molecule has 3 aromatic rings. The zero-order chi connectivity index (χ0) is 19.7. The highest BCUT2D eigenvalue weighted by Gasteiger charge is 2.37. The third-order valence-corrected chi connectivity index (χ3v) is 5.46. The normalized spacial score (nSPS) is 17.7. The molecule has 0 unspecified atom stereocenters. The average Bonchev–Trinajstić information content (AvgIpc) is 3.13. The molecule has 0 spiro atoms. The maximum absolute atomic E-state index is 13.2. The van der Waals surface area contributed by atoms with Crippen LogP contribution in [0.5, 0.6) is 5.75 Å². The van der Waals surface area contributed by atoms with E-state index in [2.05, 4.69) is 4.98 Å². The van der Waals surface area contributed by atoms with Crippen molar-refractivity contribution in [3.63, 3.8) is 0 Å². The van der Waals surface area contributed by atoms with E-state index in [1.54, 1.807) is 24.3 Å². The lowest BCUT2D eigenvalue weighted by molar-refractivity contribution is -0.146. The van der Waals surface area contributed by atoms with E-state index in [1.807, 2.05) is 43.0 Å². The van der Waals surface area contributed by atoms with Gasteiger partial charge in [0.05, 0.1) is 11.0 Å². The Labute approximate surface area is 169 Å². The standard InChI is InChI=1S/C22H24ClN3O2/c1-22(2,28-17-11-9-16(23)10-12-17)21(27)26-13-5-6-15(14-26)20-24-18-7-3-4-8-19(18)25-20/h3-4,7-12,15H,5-6,13-14H2,1-2H3,(H,24,25)/t15-/m1/s1. The van der Waals surface area contributed by atoms with Gasteiger partial charge in [-0.05, 0) is 63.1 Å². The Bertz CT molecular complexity index is 948. The monoisotopic (exact) mass is 397 g/mol. The summed E-state index contributed by atoms with van der Waals surface area (Å²) in [6.07, 6.45) is 1.96. The van der Waals surface area contributed by atoms with Crippen molar-refractivity contribution in [1.29, 1.82) is 0 Å². The number of fused-ring (bicyclic) bond motifs is 1. The van der Waals surface area contributed by atoms with Gasteiger partial charge in [0.25, 0.3) is 5.91 Å². The largest absolute Gasteiger partial charge is 0.478 e. The van der Waals surface area contributed by atoms with E-state index in [1.165, 1.54) is 0 Å². The van der Waals surface area contributed by atoms with Crippen molar-refractivity contribution in [3.8, 4) is 5.75 Å². The first-order chi connectivity index (χ1) is 13.4. The molecule has 0 bridgehead atoms. The third-order valence-electron chi connectivity index (χ3n) is 5.20. The number of likely N-dealkylation sites (tertiary alicyclic amines) is 1. The summed E-state index contributed by atoms with van der Waals surface area (Å²) < 4.78 is 5.99. The second-order valence-corrected chi connectivity index (χ2v) is 8.23. The Hall–Kier alpha value is -2.53. The number of aromatic amines is 1. The highest BCUT2D eigenvalue weighted by Crippen LogP contribution is 2.29. The van der Waals surface area contributed by atoms with Gasteiger partial charge >= 0.3 is 0 Å². The number of carbonyl (C=O) groups excluding carboxylic acids is 1.